The van der Waals surface area contributed by atoms with Crippen LogP contribution in [-0.2, 0) is 4.79 Å². The molecule has 1 aliphatic rings. The highest BCUT2D eigenvalue weighted by Gasteiger charge is 2.18. The van der Waals surface area contributed by atoms with Crippen molar-refractivity contribution in [2.45, 2.75) is 26.2 Å². The first-order chi connectivity index (χ1) is 14.0. The molecule has 2 amide bonds. The number of nitrogens with one attached hydrogen (secondary N) is 2. The number of likely N-dealkylation sites (tertiary alicyclic amines) is 1. The summed E-state index contributed by atoms with van der Waals surface area (Å²) in [5.41, 5.74) is 3.39. The molecular weight excluding hydrogens is 382 g/mol. The lowest BCUT2D eigenvalue weighted by atomic mass is 10.1. The second-order valence-corrected chi connectivity index (χ2v) is 7.53. The van der Waals surface area contributed by atoms with Gasteiger partial charge in [-0.25, -0.2) is 0 Å². The number of carbonyl (C=O) groups excluding carboxylic acids is 2. The van der Waals surface area contributed by atoms with Gasteiger partial charge in [-0.2, -0.15) is 0 Å². The second kappa shape index (κ2) is 9.98. The highest BCUT2D eigenvalue weighted by Crippen LogP contribution is 2.16. The second-order valence-electron chi connectivity index (χ2n) is 7.12. The molecule has 2 aromatic carbocycles. The molecular formula is C23H25N3O2S. The molecule has 2 aromatic rings. The van der Waals surface area contributed by atoms with Crippen LogP contribution in [-0.4, -0.2) is 34.9 Å². The van der Waals surface area contributed by atoms with E-state index in [2.05, 4.69) is 10.6 Å². The first-order valence-electron chi connectivity index (χ1n) is 9.77. The fraction of sp³-hybridized carbons (Fsp3) is 0.261. The number of anilines is 1. The molecule has 0 unspecified atom stereocenters. The van der Waals surface area contributed by atoms with E-state index >= 15 is 0 Å². The first kappa shape index (κ1) is 20.7. The molecule has 1 aliphatic heterocycles. The number of piperidine rings is 1. The molecule has 150 valence electrons. The Morgan fingerprint density at radius 2 is 1.76 bits per heavy atom. The van der Waals surface area contributed by atoms with Crippen LogP contribution in [0.25, 0.3) is 6.08 Å². The van der Waals surface area contributed by atoms with Gasteiger partial charge in [0.25, 0.3) is 5.91 Å². The van der Waals surface area contributed by atoms with Crippen LogP contribution in [0.3, 0.4) is 0 Å². The lowest BCUT2D eigenvalue weighted by molar-refractivity contribution is -0.115. The third-order valence-electron chi connectivity index (χ3n) is 4.75. The minimum Gasteiger partial charge on any atom is -0.339 e. The SMILES string of the molecule is Cc1ccc(/C=C/C(=O)NC(=S)Nc2cccc(C(=O)N3CCCCC3)c2)cc1. The van der Waals surface area contributed by atoms with Crippen molar-refractivity contribution >= 4 is 40.9 Å². The Bertz CT molecular complexity index is 916. The van der Waals surface area contributed by atoms with Gasteiger partial charge in [0.15, 0.2) is 5.11 Å². The van der Waals surface area contributed by atoms with E-state index in [9.17, 15) is 9.59 Å². The number of amides is 2. The monoisotopic (exact) mass is 407 g/mol. The molecule has 0 radical (unpaired) electrons. The lowest BCUT2D eigenvalue weighted by Gasteiger charge is -2.26. The number of hydrogen-bond acceptors (Lipinski definition) is 3. The fourth-order valence-electron chi connectivity index (χ4n) is 3.17. The largest absolute Gasteiger partial charge is 0.339 e. The van der Waals surface area contributed by atoms with Crippen molar-refractivity contribution in [2.24, 2.45) is 0 Å². The summed E-state index contributed by atoms with van der Waals surface area (Å²) in [6, 6.07) is 15.0. The molecule has 3 rings (SSSR count). The molecule has 0 aliphatic carbocycles. The summed E-state index contributed by atoms with van der Waals surface area (Å²) < 4.78 is 0. The van der Waals surface area contributed by atoms with Crippen molar-refractivity contribution in [3.63, 3.8) is 0 Å². The molecule has 6 heteroatoms. The Labute approximate surface area is 176 Å². The zero-order valence-electron chi connectivity index (χ0n) is 16.5. The number of nitrogens with zero attached hydrogens (tertiary/aromatic N) is 1. The van der Waals surface area contributed by atoms with E-state index in [1.54, 1.807) is 24.3 Å². The smallest absolute Gasteiger partial charge is 0.253 e. The van der Waals surface area contributed by atoms with Gasteiger partial charge in [0.2, 0.25) is 5.91 Å². The van der Waals surface area contributed by atoms with Crippen molar-refractivity contribution in [1.82, 2.24) is 10.2 Å². The maximum Gasteiger partial charge on any atom is 0.253 e. The summed E-state index contributed by atoms with van der Waals surface area (Å²) in [6.45, 7) is 3.62. The van der Waals surface area contributed by atoms with Gasteiger partial charge < -0.3 is 10.2 Å². The Balaban J connectivity index is 1.55. The van der Waals surface area contributed by atoms with Crippen molar-refractivity contribution in [2.75, 3.05) is 18.4 Å². The van der Waals surface area contributed by atoms with E-state index in [1.165, 1.54) is 12.5 Å². The summed E-state index contributed by atoms with van der Waals surface area (Å²) in [5.74, 6) is -0.284. The Hall–Kier alpha value is -2.99. The van der Waals surface area contributed by atoms with Crippen molar-refractivity contribution in [3.8, 4) is 0 Å². The molecule has 0 aromatic heterocycles. The van der Waals surface area contributed by atoms with Crippen molar-refractivity contribution in [1.29, 1.82) is 0 Å². The van der Waals surface area contributed by atoms with Crippen LogP contribution < -0.4 is 10.6 Å². The van der Waals surface area contributed by atoms with Gasteiger partial charge >= 0.3 is 0 Å². The summed E-state index contributed by atoms with van der Waals surface area (Å²) in [5, 5.41) is 5.78. The van der Waals surface area contributed by atoms with Crippen LogP contribution in [0.5, 0.6) is 0 Å². The summed E-state index contributed by atoms with van der Waals surface area (Å²) >= 11 is 5.22. The number of carbonyl (C=O) groups is 2. The number of hydrogen-bond donors (Lipinski definition) is 2. The normalized spacial score (nSPS) is 13.9. The minimum atomic E-state index is -0.316. The Kier molecular flexibility index (Phi) is 7.14. The molecule has 0 atom stereocenters. The van der Waals surface area contributed by atoms with Gasteiger partial charge in [0, 0.05) is 30.4 Å². The Morgan fingerprint density at radius 3 is 2.48 bits per heavy atom. The maximum absolute atomic E-state index is 12.6. The van der Waals surface area contributed by atoms with E-state index < -0.39 is 0 Å². The third-order valence-corrected chi connectivity index (χ3v) is 4.96. The van der Waals surface area contributed by atoms with E-state index in [1.807, 2.05) is 42.2 Å². The number of rotatable bonds is 4. The van der Waals surface area contributed by atoms with Gasteiger partial charge in [-0.3, -0.25) is 14.9 Å². The molecule has 1 fully saturated rings. The molecule has 29 heavy (non-hydrogen) atoms. The van der Waals surface area contributed by atoms with Gasteiger partial charge in [0.1, 0.15) is 0 Å². The highest BCUT2D eigenvalue weighted by molar-refractivity contribution is 7.80. The van der Waals surface area contributed by atoms with Crippen molar-refractivity contribution in [3.05, 3.63) is 71.3 Å². The standard InChI is InChI=1S/C23H25N3O2S/c1-17-8-10-18(11-9-17)12-13-21(27)25-23(29)24-20-7-5-6-19(16-20)22(28)26-14-3-2-4-15-26/h5-13,16H,2-4,14-15H2,1H3,(H2,24,25,27,29)/b13-12+. The maximum atomic E-state index is 12.6. The molecule has 1 heterocycles. The van der Waals surface area contributed by atoms with Gasteiger partial charge in [0.05, 0.1) is 0 Å². The van der Waals surface area contributed by atoms with Crippen LogP contribution in [0.15, 0.2) is 54.6 Å². The number of thiocarbonyl (C=S) groups is 1. The molecule has 0 spiro atoms. The van der Waals surface area contributed by atoms with Gasteiger partial charge in [-0.05, 0) is 68.2 Å². The Morgan fingerprint density at radius 1 is 1.03 bits per heavy atom. The van der Waals surface area contributed by atoms with Crippen LogP contribution >= 0.6 is 12.2 Å². The van der Waals surface area contributed by atoms with Crippen LogP contribution in [0.4, 0.5) is 5.69 Å². The topological polar surface area (TPSA) is 61.4 Å². The number of benzene rings is 2. The highest BCUT2D eigenvalue weighted by atomic mass is 32.1. The van der Waals surface area contributed by atoms with E-state index in [4.69, 9.17) is 12.2 Å². The predicted molar refractivity (Wildman–Crippen MR) is 121 cm³/mol. The van der Waals surface area contributed by atoms with Crippen molar-refractivity contribution < 1.29 is 9.59 Å². The number of aryl methyl sites for hydroxylation is 1. The molecule has 0 saturated carbocycles. The molecule has 5 nitrogen and oxygen atoms in total. The lowest BCUT2D eigenvalue weighted by Crippen LogP contribution is -2.35. The average molecular weight is 408 g/mol. The van der Waals surface area contributed by atoms with E-state index in [-0.39, 0.29) is 16.9 Å². The summed E-state index contributed by atoms with van der Waals surface area (Å²) in [6.07, 6.45) is 6.45. The summed E-state index contributed by atoms with van der Waals surface area (Å²) in [7, 11) is 0. The predicted octanol–water partition coefficient (Wildman–Crippen LogP) is 4.15. The first-order valence-corrected chi connectivity index (χ1v) is 10.2. The third kappa shape index (κ3) is 6.26. The zero-order valence-corrected chi connectivity index (χ0v) is 17.3. The minimum absolute atomic E-state index is 0.0318. The molecule has 2 N–H and O–H groups in total. The summed E-state index contributed by atoms with van der Waals surface area (Å²) in [4.78, 5) is 26.6. The zero-order chi connectivity index (χ0) is 20.6. The van der Waals surface area contributed by atoms with Crippen LogP contribution in [0, 0.1) is 6.92 Å². The van der Waals surface area contributed by atoms with Gasteiger partial charge in [-0.1, -0.05) is 35.9 Å². The quantitative estimate of drug-likeness (QED) is 0.591. The van der Waals surface area contributed by atoms with Gasteiger partial charge in [-0.15, -0.1) is 0 Å². The van der Waals surface area contributed by atoms with E-state index in [0.717, 1.165) is 37.1 Å². The van der Waals surface area contributed by atoms with Crippen LogP contribution in [0.1, 0.15) is 40.7 Å². The molecule has 0 bridgehead atoms. The average Bonchev–Trinajstić information content (AvgIpc) is 2.73. The van der Waals surface area contributed by atoms with Crippen LogP contribution in [0.2, 0.25) is 0 Å². The molecule has 1 saturated heterocycles. The van der Waals surface area contributed by atoms with E-state index in [0.29, 0.717) is 11.3 Å². The fourth-order valence-corrected chi connectivity index (χ4v) is 3.39.